The van der Waals surface area contributed by atoms with Gasteiger partial charge in [0.25, 0.3) is 0 Å². The van der Waals surface area contributed by atoms with Gasteiger partial charge in [-0.15, -0.1) is 0 Å². The summed E-state index contributed by atoms with van der Waals surface area (Å²) in [4.78, 5) is 0. The van der Waals surface area contributed by atoms with Gasteiger partial charge in [0, 0.05) is 5.56 Å². The van der Waals surface area contributed by atoms with Crippen LogP contribution in [-0.4, -0.2) is 6.54 Å². The lowest BCUT2D eigenvalue weighted by molar-refractivity contribution is 0.238. The summed E-state index contributed by atoms with van der Waals surface area (Å²) in [7, 11) is 0. The Labute approximate surface area is 115 Å². The number of hydrogen-bond donors (Lipinski definition) is 1. The maximum Gasteiger partial charge on any atom is 0.143 e. The van der Waals surface area contributed by atoms with E-state index in [1.54, 1.807) is 0 Å². The molecule has 100 valence electrons. The molecule has 0 spiro atoms. The van der Waals surface area contributed by atoms with E-state index in [2.05, 4.69) is 15.9 Å². The summed E-state index contributed by atoms with van der Waals surface area (Å²) in [5, 5.41) is 0. The Morgan fingerprint density at radius 2 is 1.83 bits per heavy atom. The summed E-state index contributed by atoms with van der Waals surface area (Å²) in [6.45, 7) is 0.613. The second-order valence-electron chi connectivity index (χ2n) is 5.07. The average Bonchev–Trinajstić information content (AvgIpc) is 2.39. The molecule has 0 aromatic heterocycles. The van der Waals surface area contributed by atoms with Gasteiger partial charge in [-0.25, -0.2) is 8.78 Å². The van der Waals surface area contributed by atoms with E-state index in [1.807, 2.05) is 0 Å². The van der Waals surface area contributed by atoms with E-state index in [9.17, 15) is 8.78 Å². The molecule has 18 heavy (non-hydrogen) atoms. The monoisotopic (exact) mass is 317 g/mol. The molecule has 2 unspecified atom stereocenters. The highest BCUT2D eigenvalue weighted by molar-refractivity contribution is 9.10. The fourth-order valence-corrected chi connectivity index (χ4v) is 3.25. The molecular weight excluding hydrogens is 300 g/mol. The van der Waals surface area contributed by atoms with Gasteiger partial charge in [0.1, 0.15) is 11.6 Å². The van der Waals surface area contributed by atoms with E-state index in [1.165, 1.54) is 18.6 Å². The maximum absolute atomic E-state index is 13.9. The average molecular weight is 318 g/mol. The molecule has 1 aromatic carbocycles. The fourth-order valence-electron chi connectivity index (χ4n) is 2.88. The predicted molar refractivity (Wildman–Crippen MR) is 72.3 cm³/mol. The zero-order valence-electron chi connectivity index (χ0n) is 10.3. The topological polar surface area (TPSA) is 26.0 Å². The van der Waals surface area contributed by atoms with Crippen LogP contribution >= 0.6 is 15.9 Å². The lowest BCUT2D eigenvalue weighted by Gasteiger charge is -2.31. The minimum Gasteiger partial charge on any atom is -0.330 e. The predicted octanol–water partition coefficient (Wildman–Crippen LogP) is 4.03. The highest BCUT2D eigenvalue weighted by Crippen LogP contribution is 2.34. The third-order valence-corrected chi connectivity index (χ3v) is 4.59. The lowest BCUT2D eigenvalue weighted by atomic mass is 9.76. The highest BCUT2D eigenvalue weighted by Gasteiger charge is 2.26. The van der Waals surface area contributed by atoms with Crippen LogP contribution in [0.1, 0.15) is 31.2 Å². The maximum atomic E-state index is 13.9. The second kappa shape index (κ2) is 6.11. The van der Waals surface area contributed by atoms with Crippen LogP contribution in [0.15, 0.2) is 16.6 Å². The molecule has 2 rings (SSSR count). The zero-order chi connectivity index (χ0) is 13.1. The summed E-state index contributed by atoms with van der Waals surface area (Å²) in [5.74, 6) is -0.202. The number of rotatable bonds is 3. The quantitative estimate of drug-likeness (QED) is 0.837. The summed E-state index contributed by atoms with van der Waals surface area (Å²) >= 11 is 3.11. The Morgan fingerprint density at radius 1 is 1.17 bits per heavy atom. The molecule has 0 bridgehead atoms. The summed E-state index contributed by atoms with van der Waals surface area (Å²) in [6, 6.07) is 2.73. The van der Waals surface area contributed by atoms with Crippen LogP contribution in [0.4, 0.5) is 8.78 Å². The van der Waals surface area contributed by atoms with Gasteiger partial charge in [-0.1, -0.05) is 12.8 Å². The first-order valence-corrected chi connectivity index (χ1v) is 7.25. The molecule has 0 amide bonds. The molecule has 1 aromatic rings. The molecule has 1 aliphatic carbocycles. The first-order valence-electron chi connectivity index (χ1n) is 6.46. The van der Waals surface area contributed by atoms with Crippen molar-refractivity contribution in [3.8, 4) is 0 Å². The normalized spacial score (nSPS) is 24.2. The van der Waals surface area contributed by atoms with Gasteiger partial charge in [-0.2, -0.15) is 0 Å². The van der Waals surface area contributed by atoms with Gasteiger partial charge in [0.15, 0.2) is 0 Å². The molecule has 2 N–H and O–H groups in total. The van der Waals surface area contributed by atoms with Crippen LogP contribution in [0, 0.1) is 23.5 Å². The van der Waals surface area contributed by atoms with E-state index in [-0.39, 0.29) is 5.56 Å². The smallest absolute Gasteiger partial charge is 0.143 e. The van der Waals surface area contributed by atoms with Crippen molar-refractivity contribution in [2.24, 2.45) is 17.6 Å². The molecule has 1 fully saturated rings. The van der Waals surface area contributed by atoms with Crippen LogP contribution in [0.25, 0.3) is 0 Å². The highest BCUT2D eigenvalue weighted by atomic mass is 79.9. The van der Waals surface area contributed by atoms with E-state index in [4.69, 9.17) is 5.73 Å². The Hall–Kier alpha value is -0.480. The molecule has 4 heteroatoms. The Balaban J connectivity index is 2.20. The minimum atomic E-state index is -0.462. The molecule has 0 saturated heterocycles. The molecular formula is C14H18BrF2N. The van der Waals surface area contributed by atoms with Crippen LogP contribution in [0.2, 0.25) is 0 Å². The van der Waals surface area contributed by atoms with Crippen molar-refractivity contribution in [1.29, 1.82) is 0 Å². The van der Waals surface area contributed by atoms with Gasteiger partial charge in [-0.3, -0.25) is 0 Å². The van der Waals surface area contributed by atoms with Crippen molar-refractivity contribution in [2.45, 2.75) is 32.1 Å². The van der Waals surface area contributed by atoms with Crippen molar-refractivity contribution in [3.05, 3.63) is 33.8 Å². The van der Waals surface area contributed by atoms with Gasteiger partial charge in [0.05, 0.1) is 4.47 Å². The number of benzene rings is 1. The molecule has 1 nitrogen and oxygen atoms in total. The van der Waals surface area contributed by atoms with Crippen molar-refractivity contribution < 1.29 is 8.78 Å². The molecule has 0 heterocycles. The number of halogens is 3. The summed E-state index contributed by atoms with van der Waals surface area (Å²) in [6.07, 6.45) is 4.88. The number of hydrogen-bond acceptors (Lipinski definition) is 1. The largest absolute Gasteiger partial charge is 0.330 e. The minimum absolute atomic E-state index is 0.203. The Bertz CT molecular complexity index is 423. The lowest BCUT2D eigenvalue weighted by Crippen LogP contribution is -2.28. The van der Waals surface area contributed by atoms with Gasteiger partial charge in [0.2, 0.25) is 0 Å². The standard InChI is InChI=1S/C14H18BrF2N/c15-12-5-6-13(16)11(14(12)17)7-9-3-1-2-4-10(9)8-18/h5-6,9-10H,1-4,7-8,18H2. The van der Waals surface area contributed by atoms with Crippen LogP contribution in [-0.2, 0) is 6.42 Å². The zero-order valence-corrected chi connectivity index (χ0v) is 11.8. The van der Waals surface area contributed by atoms with Crippen LogP contribution < -0.4 is 5.73 Å². The molecule has 2 atom stereocenters. The van der Waals surface area contributed by atoms with Crippen molar-refractivity contribution in [3.63, 3.8) is 0 Å². The first-order chi connectivity index (χ1) is 8.63. The van der Waals surface area contributed by atoms with E-state index < -0.39 is 11.6 Å². The van der Waals surface area contributed by atoms with E-state index in [0.717, 1.165) is 19.3 Å². The molecule has 1 saturated carbocycles. The molecule has 0 aliphatic heterocycles. The third-order valence-electron chi connectivity index (χ3n) is 3.97. The van der Waals surface area contributed by atoms with Crippen molar-refractivity contribution in [2.75, 3.05) is 6.54 Å². The SMILES string of the molecule is NCC1CCCCC1Cc1c(F)ccc(Br)c1F. The van der Waals surface area contributed by atoms with Crippen LogP contribution in [0.5, 0.6) is 0 Å². The summed E-state index contributed by atoms with van der Waals surface area (Å²) < 4.78 is 28.0. The Morgan fingerprint density at radius 3 is 2.50 bits per heavy atom. The van der Waals surface area contributed by atoms with Gasteiger partial charge < -0.3 is 5.73 Å². The third kappa shape index (κ3) is 2.91. The van der Waals surface area contributed by atoms with Gasteiger partial charge >= 0.3 is 0 Å². The Kier molecular flexibility index (Phi) is 4.73. The van der Waals surface area contributed by atoms with E-state index in [0.29, 0.717) is 29.3 Å². The van der Waals surface area contributed by atoms with Crippen molar-refractivity contribution >= 4 is 15.9 Å². The second-order valence-corrected chi connectivity index (χ2v) is 5.92. The van der Waals surface area contributed by atoms with Crippen LogP contribution in [0.3, 0.4) is 0 Å². The first kappa shape index (κ1) is 13.9. The number of nitrogens with two attached hydrogens (primary N) is 1. The summed E-state index contributed by atoms with van der Waals surface area (Å²) in [5.41, 5.74) is 5.96. The fraction of sp³-hybridized carbons (Fsp3) is 0.571. The van der Waals surface area contributed by atoms with E-state index >= 15 is 0 Å². The molecule has 1 aliphatic rings. The van der Waals surface area contributed by atoms with Gasteiger partial charge in [-0.05, 0) is 65.7 Å². The molecule has 0 radical (unpaired) electrons. The van der Waals surface area contributed by atoms with Crippen molar-refractivity contribution in [1.82, 2.24) is 0 Å².